The highest BCUT2D eigenvalue weighted by atomic mass is 15.2. The Morgan fingerprint density at radius 2 is 2.11 bits per heavy atom. The van der Waals surface area contributed by atoms with E-state index < -0.39 is 0 Å². The van der Waals surface area contributed by atoms with Crippen molar-refractivity contribution in [3.63, 3.8) is 0 Å². The van der Waals surface area contributed by atoms with Crippen molar-refractivity contribution in [2.24, 2.45) is 0 Å². The van der Waals surface area contributed by atoms with Crippen LogP contribution < -0.4 is 4.90 Å². The van der Waals surface area contributed by atoms with Crippen molar-refractivity contribution < 1.29 is 0 Å². The molecule has 2 aromatic heterocycles. The molecule has 0 spiro atoms. The first kappa shape index (κ1) is 12.0. The lowest BCUT2D eigenvalue weighted by Crippen LogP contribution is -2.24. The van der Waals surface area contributed by atoms with Gasteiger partial charge in [0.05, 0.1) is 12.2 Å². The zero-order chi connectivity index (χ0) is 12.8. The van der Waals surface area contributed by atoms with Gasteiger partial charge in [-0.05, 0) is 25.1 Å². The molecule has 2 heterocycles. The maximum atomic E-state index is 8.84. The van der Waals surface area contributed by atoms with E-state index in [1.807, 2.05) is 36.1 Å². The average Bonchev–Trinajstić information content (AvgIpc) is 2.46. The van der Waals surface area contributed by atoms with Gasteiger partial charge >= 0.3 is 0 Å². The highest BCUT2D eigenvalue weighted by molar-refractivity contribution is 5.34. The molecule has 5 heteroatoms. The van der Waals surface area contributed by atoms with Gasteiger partial charge in [0.15, 0.2) is 0 Å². The first-order chi connectivity index (χ1) is 8.83. The first-order valence-corrected chi connectivity index (χ1v) is 5.71. The van der Waals surface area contributed by atoms with Crippen molar-refractivity contribution in [1.82, 2.24) is 15.0 Å². The Bertz CT molecular complexity index is 547. The molecular weight excluding hydrogens is 226 g/mol. The van der Waals surface area contributed by atoms with E-state index in [9.17, 15) is 0 Å². The molecule has 0 amide bonds. The topological polar surface area (TPSA) is 65.7 Å². The van der Waals surface area contributed by atoms with Crippen molar-refractivity contribution >= 4 is 5.95 Å². The lowest BCUT2D eigenvalue weighted by atomic mass is 10.3. The normalized spacial score (nSPS) is 9.78. The Balaban J connectivity index is 2.21. The van der Waals surface area contributed by atoms with Crippen LogP contribution in [-0.2, 0) is 6.54 Å². The maximum Gasteiger partial charge on any atom is 0.226 e. The van der Waals surface area contributed by atoms with Crippen LogP contribution in [0, 0.1) is 11.3 Å². The predicted molar refractivity (Wildman–Crippen MR) is 67.7 cm³/mol. The second-order valence-electron chi connectivity index (χ2n) is 3.69. The molecule has 0 saturated carbocycles. The molecule has 0 unspecified atom stereocenters. The number of rotatable bonds is 4. The Morgan fingerprint density at radius 3 is 2.78 bits per heavy atom. The van der Waals surface area contributed by atoms with Crippen LogP contribution in [0.5, 0.6) is 0 Å². The van der Waals surface area contributed by atoms with Crippen LogP contribution in [0.2, 0.25) is 0 Å². The summed E-state index contributed by atoms with van der Waals surface area (Å²) in [5.41, 5.74) is 1.32. The molecule has 0 bridgehead atoms. The lowest BCUT2D eigenvalue weighted by molar-refractivity contribution is 0.773. The van der Waals surface area contributed by atoms with E-state index in [0.717, 1.165) is 12.2 Å². The molecule has 0 saturated heterocycles. The Hall–Kier alpha value is -2.48. The molecule has 0 aliphatic rings. The molecule has 0 N–H and O–H groups in total. The van der Waals surface area contributed by atoms with Crippen LogP contribution in [0.4, 0.5) is 5.95 Å². The average molecular weight is 239 g/mol. The summed E-state index contributed by atoms with van der Waals surface area (Å²) in [5, 5.41) is 8.84. The maximum absolute atomic E-state index is 8.84. The van der Waals surface area contributed by atoms with E-state index >= 15 is 0 Å². The molecule has 2 aromatic rings. The van der Waals surface area contributed by atoms with Gasteiger partial charge in [-0.25, -0.2) is 9.97 Å². The summed E-state index contributed by atoms with van der Waals surface area (Å²) in [6.45, 7) is 3.41. The summed E-state index contributed by atoms with van der Waals surface area (Å²) < 4.78 is 0. The Labute approximate surface area is 106 Å². The minimum atomic E-state index is 0.375. The first-order valence-electron chi connectivity index (χ1n) is 5.71. The summed E-state index contributed by atoms with van der Waals surface area (Å²) >= 11 is 0. The summed E-state index contributed by atoms with van der Waals surface area (Å²) in [4.78, 5) is 14.6. The largest absolute Gasteiger partial charge is 0.335 e. The molecule has 2 rings (SSSR count). The fourth-order valence-corrected chi connectivity index (χ4v) is 1.57. The standard InChI is InChI=1S/C13H13N5/c1-2-18(10-12-5-3-4-7-15-12)13-16-8-6-11(9-14)17-13/h3-8H,2,10H2,1H3. The monoisotopic (exact) mass is 239 g/mol. The van der Waals surface area contributed by atoms with Crippen molar-refractivity contribution in [1.29, 1.82) is 5.26 Å². The van der Waals surface area contributed by atoms with E-state index in [4.69, 9.17) is 5.26 Å². The van der Waals surface area contributed by atoms with Crippen molar-refractivity contribution in [2.45, 2.75) is 13.5 Å². The quantitative estimate of drug-likeness (QED) is 0.813. The third kappa shape index (κ3) is 2.80. The third-order valence-electron chi connectivity index (χ3n) is 2.50. The van der Waals surface area contributed by atoms with Crippen LogP contribution >= 0.6 is 0 Å². The molecule has 0 fully saturated rings. The van der Waals surface area contributed by atoms with E-state index in [1.54, 1.807) is 18.5 Å². The minimum absolute atomic E-state index is 0.375. The highest BCUT2D eigenvalue weighted by Gasteiger charge is 2.09. The molecule has 18 heavy (non-hydrogen) atoms. The number of hydrogen-bond donors (Lipinski definition) is 0. The van der Waals surface area contributed by atoms with Gasteiger partial charge in [-0.15, -0.1) is 0 Å². The number of nitrogens with zero attached hydrogens (tertiary/aromatic N) is 5. The van der Waals surface area contributed by atoms with Gasteiger partial charge in [0.2, 0.25) is 5.95 Å². The van der Waals surface area contributed by atoms with E-state index in [2.05, 4.69) is 15.0 Å². The van der Waals surface area contributed by atoms with E-state index in [-0.39, 0.29) is 0 Å². The number of pyridine rings is 1. The number of anilines is 1. The van der Waals surface area contributed by atoms with Crippen LogP contribution in [-0.4, -0.2) is 21.5 Å². The zero-order valence-electron chi connectivity index (χ0n) is 10.1. The van der Waals surface area contributed by atoms with Gasteiger partial charge in [0, 0.05) is 18.9 Å². The second-order valence-corrected chi connectivity index (χ2v) is 3.69. The molecule has 0 aromatic carbocycles. The SMILES string of the molecule is CCN(Cc1ccccn1)c1nccc(C#N)n1. The molecule has 5 nitrogen and oxygen atoms in total. The zero-order valence-corrected chi connectivity index (χ0v) is 10.1. The lowest BCUT2D eigenvalue weighted by Gasteiger charge is -2.19. The van der Waals surface area contributed by atoms with Gasteiger partial charge in [-0.1, -0.05) is 6.07 Å². The fourth-order valence-electron chi connectivity index (χ4n) is 1.57. The minimum Gasteiger partial charge on any atom is -0.335 e. The van der Waals surface area contributed by atoms with E-state index in [1.165, 1.54) is 0 Å². The molecule has 0 aliphatic heterocycles. The van der Waals surface area contributed by atoms with Gasteiger partial charge in [-0.2, -0.15) is 5.26 Å². The smallest absolute Gasteiger partial charge is 0.226 e. The molecular formula is C13H13N5. The van der Waals surface area contributed by atoms with E-state index in [0.29, 0.717) is 18.2 Å². The fraction of sp³-hybridized carbons (Fsp3) is 0.231. The van der Waals surface area contributed by atoms with Gasteiger partial charge < -0.3 is 4.90 Å². The summed E-state index contributed by atoms with van der Waals surface area (Å²) in [5.74, 6) is 0.558. The number of aromatic nitrogens is 3. The molecule has 0 radical (unpaired) electrons. The Morgan fingerprint density at radius 1 is 1.22 bits per heavy atom. The second kappa shape index (κ2) is 5.73. The van der Waals surface area contributed by atoms with Crippen molar-refractivity contribution in [2.75, 3.05) is 11.4 Å². The summed E-state index contributed by atoms with van der Waals surface area (Å²) in [7, 11) is 0. The van der Waals surface area contributed by atoms with Crippen molar-refractivity contribution in [3.8, 4) is 6.07 Å². The van der Waals surface area contributed by atoms with Crippen LogP contribution in [0.25, 0.3) is 0 Å². The molecule has 0 aliphatic carbocycles. The predicted octanol–water partition coefficient (Wildman–Crippen LogP) is 1.77. The van der Waals surface area contributed by atoms with Crippen LogP contribution in [0.15, 0.2) is 36.7 Å². The van der Waals surface area contributed by atoms with Crippen molar-refractivity contribution in [3.05, 3.63) is 48.0 Å². The summed E-state index contributed by atoms with van der Waals surface area (Å²) in [6, 6.07) is 9.40. The van der Waals surface area contributed by atoms with Crippen LogP contribution in [0.3, 0.4) is 0 Å². The Kier molecular flexibility index (Phi) is 3.82. The van der Waals surface area contributed by atoms with Crippen LogP contribution in [0.1, 0.15) is 18.3 Å². The number of hydrogen-bond acceptors (Lipinski definition) is 5. The number of nitriles is 1. The van der Waals surface area contributed by atoms with Gasteiger partial charge in [0.25, 0.3) is 0 Å². The van der Waals surface area contributed by atoms with Gasteiger partial charge in [0.1, 0.15) is 11.8 Å². The molecule has 0 atom stereocenters. The third-order valence-corrected chi connectivity index (χ3v) is 2.50. The summed E-state index contributed by atoms with van der Waals surface area (Å²) in [6.07, 6.45) is 3.36. The highest BCUT2D eigenvalue weighted by Crippen LogP contribution is 2.10. The molecule has 90 valence electrons. The van der Waals surface area contributed by atoms with Gasteiger partial charge in [-0.3, -0.25) is 4.98 Å².